The van der Waals surface area contributed by atoms with Gasteiger partial charge in [0.2, 0.25) is 0 Å². The molecule has 33 heavy (non-hydrogen) atoms. The van der Waals surface area contributed by atoms with Crippen molar-refractivity contribution in [3.05, 3.63) is 99.5 Å². The van der Waals surface area contributed by atoms with Crippen LogP contribution in [0.4, 0.5) is 5.69 Å². The molecule has 3 aromatic rings. The van der Waals surface area contributed by atoms with Crippen LogP contribution in [0, 0.1) is 6.92 Å². The molecular formula is C27H24BrNO4. The monoisotopic (exact) mass is 505 g/mol. The number of Topliss-reactive ketones (excluding diaryl/α,β-unsaturated/α-hetero) is 1. The fourth-order valence-electron chi connectivity index (χ4n) is 3.99. The zero-order valence-electron chi connectivity index (χ0n) is 18.6. The van der Waals surface area contributed by atoms with Gasteiger partial charge >= 0.3 is 0 Å². The number of rotatable bonds is 5. The molecule has 1 saturated heterocycles. The number of hydrogen-bond acceptors (Lipinski definition) is 4. The molecule has 4 rings (SSSR count). The summed E-state index contributed by atoms with van der Waals surface area (Å²) in [5.74, 6) is -0.897. The Balaban J connectivity index is 1.87. The first-order valence-electron chi connectivity index (χ1n) is 10.7. The fourth-order valence-corrected chi connectivity index (χ4v) is 4.25. The number of halogens is 1. The largest absolute Gasteiger partial charge is 0.507 e. The average Bonchev–Trinajstić information content (AvgIpc) is 3.06. The van der Waals surface area contributed by atoms with Crippen LogP contribution in [-0.4, -0.2) is 22.9 Å². The molecule has 0 bridgehead atoms. The van der Waals surface area contributed by atoms with Crippen molar-refractivity contribution in [2.24, 2.45) is 0 Å². The Morgan fingerprint density at radius 1 is 1.00 bits per heavy atom. The van der Waals surface area contributed by atoms with Gasteiger partial charge in [-0.2, -0.15) is 0 Å². The molecule has 1 amide bonds. The topological polar surface area (TPSA) is 66.8 Å². The molecule has 1 aliphatic rings. The molecule has 1 unspecified atom stereocenters. The summed E-state index contributed by atoms with van der Waals surface area (Å²) in [5, 5.41) is 11.3. The van der Waals surface area contributed by atoms with Gasteiger partial charge in [-0.3, -0.25) is 14.5 Å². The van der Waals surface area contributed by atoms with Crippen LogP contribution in [0.2, 0.25) is 0 Å². The molecule has 1 N–H and O–H groups in total. The van der Waals surface area contributed by atoms with Crippen LogP contribution in [0.1, 0.15) is 36.6 Å². The van der Waals surface area contributed by atoms with Gasteiger partial charge in [0.05, 0.1) is 17.7 Å². The first-order valence-corrected chi connectivity index (χ1v) is 11.5. The van der Waals surface area contributed by atoms with Crippen molar-refractivity contribution in [1.82, 2.24) is 0 Å². The highest BCUT2D eigenvalue weighted by Crippen LogP contribution is 2.42. The van der Waals surface area contributed by atoms with E-state index >= 15 is 0 Å². The summed E-state index contributed by atoms with van der Waals surface area (Å²) in [5.41, 5.74) is 2.65. The maximum Gasteiger partial charge on any atom is 0.300 e. The van der Waals surface area contributed by atoms with Crippen LogP contribution in [0.15, 0.2) is 82.8 Å². The van der Waals surface area contributed by atoms with Crippen LogP contribution in [0.3, 0.4) is 0 Å². The van der Waals surface area contributed by atoms with Crippen molar-refractivity contribution in [3.63, 3.8) is 0 Å². The summed E-state index contributed by atoms with van der Waals surface area (Å²) < 4.78 is 6.65. The predicted molar refractivity (Wildman–Crippen MR) is 132 cm³/mol. The van der Waals surface area contributed by atoms with E-state index in [9.17, 15) is 14.7 Å². The Labute approximate surface area is 201 Å². The second kappa shape index (κ2) is 9.24. The van der Waals surface area contributed by atoms with E-state index in [2.05, 4.69) is 15.9 Å². The summed E-state index contributed by atoms with van der Waals surface area (Å²) in [6.07, 6.45) is 0.0115. The molecule has 1 aliphatic heterocycles. The van der Waals surface area contributed by atoms with E-state index in [-0.39, 0.29) is 17.4 Å². The summed E-state index contributed by atoms with van der Waals surface area (Å²) in [6.45, 7) is 5.76. The maximum atomic E-state index is 13.2. The van der Waals surface area contributed by atoms with Gasteiger partial charge in [-0.1, -0.05) is 46.3 Å². The number of aryl methyl sites for hydroxylation is 1. The van der Waals surface area contributed by atoms with Crippen molar-refractivity contribution in [3.8, 4) is 5.75 Å². The lowest BCUT2D eigenvalue weighted by Crippen LogP contribution is -2.29. The lowest BCUT2D eigenvalue weighted by atomic mass is 9.94. The lowest BCUT2D eigenvalue weighted by molar-refractivity contribution is -0.132. The van der Waals surface area contributed by atoms with E-state index in [1.54, 1.807) is 30.3 Å². The van der Waals surface area contributed by atoms with Crippen LogP contribution in [0.25, 0.3) is 5.76 Å². The molecule has 6 heteroatoms. The Bertz CT molecular complexity index is 1230. The highest BCUT2D eigenvalue weighted by Gasteiger charge is 2.46. The highest BCUT2D eigenvalue weighted by atomic mass is 79.9. The van der Waals surface area contributed by atoms with E-state index in [4.69, 9.17) is 4.74 Å². The summed E-state index contributed by atoms with van der Waals surface area (Å²) in [6, 6.07) is 20.9. The lowest BCUT2D eigenvalue weighted by Gasteiger charge is -2.25. The maximum absolute atomic E-state index is 13.2. The van der Waals surface area contributed by atoms with Gasteiger partial charge in [-0.15, -0.1) is 0 Å². The van der Waals surface area contributed by atoms with Crippen molar-refractivity contribution < 1.29 is 19.4 Å². The van der Waals surface area contributed by atoms with E-state index < -0.39 is 17.7 Å². The number of carbonyl (C=O) groups is 2. The second-order valence-corrected chi connectivity index (χ2v) is 9.12. The van der Waals surface area contributed by atoms with Crippen molar-refractivity contribution in [1.29, 1.82) is 0 Å². The van der Waals surface area contributed by atoms with Gasteiger partial charge in [-0.05, 0) is 74.4 Å². The molecule has 0 spiro atoms. The van der Waals surface area contributed by atoms with E-state index in [1.165, 1.54) is 4.90 Å². The molecule has 1 heterocycles. The van der Waals surface area contributed by atoms with Gasteiger partial charge in [0.25, 0.3) is 11.7 Å². The summed E-state index contributed by atoms with van der Waals surface area (Å²) >= 11 is 3.40. The number of ketones is 1. The summed E-state index contributed by atoms with van der Waals surface area (Å²) in [4.78, 5) is 27.8. The number of nitrogens with zero attached hydrogens (tertiary/aromatic N) is 1. The van der Waals surface area contributed by atoms with E-state index in [1.807, 2.05) is 63.2 Å². The zero-order valence-corrected chi connectivity index (χ0v) is 20.2. The number of amides is 1. The molecule has 3 aromatic carbocycles. The minimum absolute atomic E-state index is 0.0115. The van der Waals surface area contributed by atoms with Gasteiger partial charge in [0.15, 0.2) is 0 Å². The number of ether oxygens (including phenoxy) is 1. The number of anilines is 1. The first kappa shape index (κ1) is 22.8. The zero-order chi connectivity index (χ0) is 23.7. The fraction of sp³-hybridized carbons (Fsp3) is 0.185. The smallest absolute Gasteiger partial charge is 0.300 e. The molecule has 0 saturated carbocycles. The third kappa shape index (κ3) is 4.44. The minimum Gasteiger partial charge on any atom is -0.507 e. The molecule has 0 aromatic heterocycles. The first-order chi connectivity index (χ1) is 15.8. The van der Waals surface area contributed by atoms with Crippen molar-refractivity contribution in [2.45, 2.75) is 32.9 Å². The number of aliphatic hydroxyl groups excluding tert-OH is 1. The normalized spacial score (nSPS) is 17.6. The third-order valence-electron chi connectivity index (χ3n) is 5.48. The van der Waals surface area contributed by atoms with Crippen LogP contribution in [-0.2, 0) is 9.59 Å². The SMILES string of the molecule is Cc1cc(/C(O)=C2/C(=O)C(=O)N(c3ccc(Br)cc3)C2c2ccccc2)ccc1OC(C)C. The quantitative estimate of drug-likeness (QED) is 0.255. The summed E-state index contributed by atoms with van der Waals surface area (Å²) in [7, 11) is 0. The second-order valence-electron chi connectivity index (χ2n) is 8.20. The molecule has 0 aliphatic carbocycles. The van der Waals surface area contributed by atoms with Crippen LogP contribution in [0.5, 0.6) is 5.75 Å². The van der Waals surface area contributed by atoms with Crippen molar-refractivity contribution >= 4 is 39.1 Å². The van der Waals surface area contributed by atoms with Crippen LogP contribution >= 0.6 is 15.9 Å². The van der Waals surface area contributed by atoms with Gasteiger partial charge in [-0.25, -0.2) is 0 Å². The molecule has 1 fully saturated rings. The number of benzene rings is 3. The van der Waals surface area contributed by atoms with E-state index in [0.29, 0.717) is 17.0 Å². The molecule has 1 atom stereocenters. The average molecular weight is 506 g/mol. The standard InChI is InChI=1S/C27H24BrNO4/c1-16(2)33-22-14-9-19(15-17(22)3)25(30)23-24(18-7-5-4-6-8-18)29(27(32)26(23)31)21-12-10-20(28)11-13-21/h4-16,24,30H,1-3H3/b25-23-. The van der Waals surface area contributed by atoms with E-state index in [0.717, 1.165) is 15.6 Å². The van der Waals surface area contributed by atoms with Crippen molar-refractivity contribution in [2.75, 3.05) is 4.90 Å². The number of aliphatic hydroxyl groups is 1. The predicted octanol–water partition coefficient (Wildman–Crippen LogP) is 6.17. The Morgan fingerprint density at radius 2 is 1.67 bits per heavy atom. The molecule has 168 valence electrons. The number of hydrogen-bond donors (Lipinski definition) is 1. The molecule has 5 nitrogen and oxygen atoms in total. The molecule has 0 radical (unpaired) electrons. The number of carbonyl (C=O) groups excluding carboxylic acids is 2. The Morgan fingerprint density at radius 3 is 2.27 bits per heavy atom. The Kier molecular flexibility index (Phi) is 6.38. The minimum atomic E-state index is -0.751. The van der Waals surface area contributed by atoms with Gasteiger partial charge in [0.1, 0.15) is 11.5 Å². The van der Waals surface area contributed by atoms with Gasteiger partial charge in [0, 0.05) is 15.7 Å². The Hall–Kier alpha value is -3.38. The molecular weight excluding hydrogens is 482 g/mol. The van der Waals surface area contributed by atoms with Crippen LogP contribution < -0.4 is 9.64 Å². The highest BCUT2D eigenvalue weighted by molar-refractivity contribution is 9.10. The third-order valence-corrected chi connectivity index (χ3v) is 6.00. The van der Waals surface area contributed by atoms with Gasteiger partial charge < -0.3 is 9.84 Å².